The minimum Gasteiger partial charge on any atom is -0.459 e. The molecule has 0 radical (unpaired) electrons. The topological polar surface area (TPSA) is 65.8 Å². The number of hydrogen-bond acceptors (Lipinski definition) is 4. The van der Waals surface area contributed by atoms with Crippen LogP contribution in [0.1, 0.15) is 10.6 Å². The molecule has 0 atom stereocenters. The summed E-state index contributed by atoms with van der Waals surface area (Å²) in [6, 6.07) is 10.5. The first-order valence-electron chi connectivity index (χ1n) is 7.73. The number of anilines is 1. The summed E-state index contributed by atoms with van der Waals surface area (Å²) in [6.45, 7) is 2.69. The minimum absolute atomic E-state index is 0.111. The predicted octanol–water partition coefficient (Wildman–Crippen LogP) is 2.33. The number of carbonyl (C=O) groups excluding carboxylic acids is 2. The molecule has 3 rings (SSSR count). The molecule has 1 aliphatic rings. The van der Waals surface area contributed by atoms with Crippen LogP contribution < -0.4 is 5.32 Å². The van der Waals surface area contributed by atoms with E-state index >= 15 is 0 Å². The van der Waals surface area contributed by atoms with Crippen molar-refractivity contribution in [2.75, 3.05) is 38.0 Å². The Kier molecular flexibility index (Phi) is 5.17. The van der Waals surface area contributed by atoms with Crippen LogP contribution in [-0.4, -0.2) is 54.3 Å². The fourth-order valence-corrected chi connectivity index (χ4v) is 2.80. The second-order valence-corrected chi connectivity index (χ2v) is 5.98. The highest BCUT2D eigenvalue weighted by molar-refractivity contribution is 6.33. The number of rotatable bonds is 4. The van der Waals surface area contributed by atoms with Gasteiger partial charge < -0.3 is 14.6 Å². The summed E-state index contributed by atoms with van der Waals surface area (Å²) >= 11 is 6.03. The molecule has 1 aromatic carbocycles. The van der Waals surface area contributed by atoms with E-state index in [1.165, 1.54) is 6.26 Å². The molecule has 126 valence electrons. The van der Waals surface area contributed by atoms with E-state index < -0.39 is 0 Å². The van der Waals surface area contributed by atoms with Gasteiger partial charge >= 0.3 is 0 Å². The number of piperazine rings is 1. The number of benzene rings is 1. The molecule has 0 bridgehead atoms. The molecule has 1 aliphatic heterocycles. The fraction of sp³-hybridized carbons (Fsp3) is 0.294. The van der Waals surface area contributed by atoms with Crippen molar-refractivity contribution in [3.8, 4) is 0 Å². The fourth-order valence-electron chi connectivity index (χ4n) is 2.62. The quantitative estimate of drug-likeness (QED) is 0.921. The Labute approximate surface area is 145 Å². The highest BCUT2D eigenvalue weighted by atomic mass is 35.5. The predicted molar refractivity (Wildman–Crippen MR) is 91.1 cm³/mol. The third-order valence-corrected chi connectivity index (χ3v) is 4.24. The van der Waals surface area contributed by atoms with Gasteiger partial charge in [0.15, 0.2) is 5.76 Å². The second-order valence-electron chi connectivity index (χ2n) is 5.57. The molecule has 0 aliphatic carbocycles. The van der Waals surface area contributed by atoms with E-state index in [0.29, 0.717) is 42.6 Å². The monoisotopic (exact) mass is 347 g/mol. The Morgan fingerprint density at radius 3 is 2.50 bits per heavy atom. The second kappa shape index (κ2) is 7.51. The van der Waals surface area contributed by atoms with E-state index in [-0.39, 0.29) is 18.4 Å². The molecular formula is C17H18ClN3O3. The van der Waals surface area contributed by atoms with Gasteiger partial charge in [0, 0.05) is 26.2 Å². The van der Waals surface area contributed by atoms with E-state index in [0.717, 1.165) is 0 Å². The molecule has 1 fully saturated rings. The van der Waals surface area contributed by atoms with Crippen LogP contribution in [0.15, 0.2) is 47.1 Å². The molecule has 0 saturated carbocycles. The lowest BCUT2D eigenvalue weighted by Crippen LogP contribution is -2.50. The summed E-state index contributed by atoms with van der Waals surface area (Å²) in [5.41, 5.74) is 0.607. The van der Waals surface area contributed by atoms with Gasteiger partial charge in [-0.25, -0.2) is 0 Å². The number of hydrogen-bond donors (Lipinski definition) is 1. The zero-order chi connectivity index (χ0) is 16.9. The standard InChI is InChI=1S/C17H18ClN3O3/c18-13-4-1-2-5-14(13)19-16(22)12-20-7-9-21(10-8-20)17(23)15-6-3-11-24-15/h1-6,11H,7-10,12H2,(H,19,22). The van der Waals surface area contributed by atoms with Crippen molar-refractivity contribution in [1.82, 2.24) is 9.80 Å². The maximum atomic E-state index is 12.2. The number of halogens is 1. The highest BCUT2D eigenvalue weighted by Crippen LogP contribution is 2.20. The normalized spacial score (nSPS) is 15.3. The maximum absolute atomic E-state index is 12.2. The number of nitrogens with one attached hydrogen (secondary N) is 1. The molecule has 2 aromatic rings. The van der Waals surface area contributed by atoms with Gasteiger partial charge in [0.05, 0.1) is 23.5 Å². The number of nitrogens with zero attached hydrogens (tertiary/aromatic N) is 2. The van der Waals surface area contributed by atoms with Crippen LogP contribution in [0.3, 0.4) is 0 Å². The third kappa shape index (κ3) is 3.96. The first kappa shape index (κ1) is 16.5. The van der Waals surface area contributed by atoms with Crippen molar-refractivity contribution in [3.63, 3.8) is 0 Å². The Bertz CT molecular complexity index is 710. The van der Waals surface area contributed by atoms with E-state index in [2.05, 4.69) is 5.32 Å². The molecule has 6 nitrogen and oxygen atoms in total. The molecule has 1 aromatic heterocycles. The minimum atomic E-state index is -0.117. The Balaban J connectivity index is 1.48. The molecule has 1 saturated heterocycles. The summed E-state index contributed by atoms with van der Waals surface area (Å²) in [5, 5.41) is 3.32. The summed E-state index contributed by atoms with van der Waals surface area (Å²) < 4.78 is 5.14. The Morgan fingerprint density at radius 1 is 1.08 bits per heavy atom. The Morgan fingerprint density at radius 2 is 1.83 bits per heavy atom. The van der Waals surface area contributed by atoms with Gasteiger partial charge in [-0.05, 0) is 24.3 Å². The first-order valence-corrected chi connectivity index (χ1v) is 8.11. The van der Waals surface area contributed by atoms with Crippen molar-refractivity contribution in [3.05, 3.63) is 53.4 Å². The molecular weight excluding hydrogens is 330 g/mol. The van der Waals surface area contributed by atoms with Crippen molar-refractivity contribution in [2.45, 2.75) is 0 Å². The van der Waals surface area contributed by atoms with Crippen LogP contribution in [0.5, 0.6) is 0 Å². The first-order chi connectivity index (χ1) is 11.6. The van der Waals surface area contributed by atoms with E-state index in [9.17, 15) is 9.59 Å². The summed E-state index contributed by atoms with van der Waals surface area (Å²) in [4.78, 5) is 28.1. The molecule has 0 spiro atoms. The maximum Gasteiger partial charge on any atom is 0.289 e. The van der Waals surface area contributed by atoms with E-state index in [1.54, 1.807) is 29.2 Å². The van der Waals surface area contributed by atoms with Crippen molar-refractivity contribution < 1.29 is 14.0 Å². The van der Waals surface area contributed by atoms with Crippen LogP contribution in [0, 0.1) is 0 Å². The molecule has 1 N–H and O–H groups in total. The average molecular weight is 348 g/mol. The van der Waals surface area contributed by atoms with Crippen LogP contribution in [0.2, 0.25) is 5.02 Å². The van der Waals surface area contributed by atoms with Gasteiger partial charge in [-0.1, -0.05) is 23.7 Å². The zero-order valence-corrected chi connectivity index (χ0v) is 13.8. The SMILES string of the molecule is O=C(CN1CCN(C(=O)c2ccco2)CC1)Nc1ccccc1Cl. The molecule has 24 heavy (non-hydrogen) atoms. The smallest absolute Gasteiger partial charge is 0.289 e. The summed E-state index contributed by atoms with van der Waals surface area (Å²) in [6.07, 6.45) is 1.49. The van der Waals surface area contributed by atoms with Crippen LogP contribution in [-0.2, 0) is 4.79 Å². The number of furan rings is 1. The van der Waals surface area contributed by atoms with Gasteiger partial charge in [0.1, 0.15) is 0 Å². The zero-order valence-electron chi connectivity index (χ0n) is 13.1. The number of para-hydroxylation sites is 1. The molecule has 2 amide bonds. The largest absolute Gasteiger partial charge is 0.459 e. The Hall–Kier alpha value is -2.31. The van der Waals surface area contributed by atoms with Crippen LogP contribution in [0.25, 0.3) is 0 Å². The lowest BCUT2D eigenvalue weighted by molar-refractivity contribution is -0.117. The van der Waals surface area contributed by atoms with Crippen molar-refractivity contribution in [1.29, 1.82) is 0 Å². The third-order valence-electron chi connectivity index (χ3n) is 3.91. The number of carbonyl (C=O) groups is 2. The highest BCUT2D eigenvalue weighted by Gasteiger charge is 2.24. The van der Waals surface area contributed by atoms with Crippen LogP contribution >= 0.6 is 11.6 Å². The molecule has 2 heterocycles. The average Bonchev–Trinajstić information content (AvgIpc) is 3.11. The molecule has 0 unspecified atom stereocenters. The van der Waals surface area contributed by atoms with E-state index in [4.69, 9.17) is 16.0 Å². The van der Waals surface area contributed by atoms with Gasteiger partial charge in [0.2, 0.25) is 5.91 Å². The van der Waals surface area contributed by atoms with Gasteiger partial charge in [-0.15, -0.1) is 0 Å². The van der Waals surface area contributed by atoms with Gasteiger partial charge in [-0.3, -0.25) is 14.5 Å². The van der Waals surface area contributed by atoms with Gasteiger partial charge in [0.25, 0.3) is 5.91 Å². The van der Waals surface area contributed by atoms with Crippen LogP contribution in [0.4, 0.5) is 5.69 Å². The molecule has 7 heteroatoms. The lowest BCUT2D eigenvalue weighted by atomic mass is 10.2. The van der Waals surface area contributed by atoms with Crippen molar-refractivity contribution >= 4 is 29.1 Å². The summed E-state index contributed by atoms with van der Waals surface area (Å²) in [7, 11) is 0. The number of amides is 2. The lowest BCUT2D eigenvalue weighted by Gasteiger charge is -2.33. The van der Waals surface area contributed by atoms with E-state index in [1.807, 2.05) is 17.0 Å². The van der Waals surface area contributed by atoms with Gasteiger partial charge in [-0.2, -0.15) is 0 Å². The van der Waals surface area contributed by atoms with Crippen molar-refractivity contribution in [2.24, 2.45) is 0 Å². The summed E-state index contributed by atoms with van der Waals surface area (Å²) in [5.74, 6) is 0.119.